The van der Waals surface area contributed by atoms with E-state index in [2.05, 4.69) is 101 Å². The van der Waals surface area contributed by atoms with Gasteiger partial charge in [0.1, 0.15) is 5.54 Å². The van der Waals surface area contributed by atoms with Gasteiger partial charge in [-0.25, -0.2) is 0 Å². The van der Waals surface area contributed by atoms with Gasteiger partial charge in [-0.05, 0) is 23.3 Å². The Hall–Kier alpha value is -2.58. The predicted octanol–water partition coefficient (Wildman–Crippen LogP) is 4.04. The van der Waals surface area contributed by atoms with Crippen molar-refractivity contribution in [3.63, 3.8) is 0 Å². The summed E-state index contributed by atoms with van der Waals surface area (Å²) in [6.45, 7) is 2.88. The zero-order chi connectivity index (χ0) is 16.2. The van der Waals surface area contributed by atoms with Crippen molar-refractivity contribution in [3.8, 4) is 0 Å². The highest BCUT2D eigenvalue weighted by atomic mass is 15.3. The number of piperazine rings is 1. The molecule has 1 N–H and O–H groups in total. The average molecular weight is 314 g/mol. The van der Waals surface area contributed by atoms with Crippen LogP contribution >= 0.6 is 0 Å². The van der Waals surface area contributed by atoms with E-state index in [9.17, 15) is 0 Å². The third-order valence-electron chi connectivity index (χ3n) is 4.92. The van der Waals surface area contributed by atoms with Gasteiger partial charge in [0.2, 0.25) is 0 Å². The Balaban J connectivity index is 1.94. The van der Waals surface area contributed by atoms with Crippen molar-refractivity contribution in [3.05, 3.63) is 102 Å². The first-order valence-electron chi connectivity index (χ1n) is 8.56. The lowest BCUT2D eigenvalue weighted by atomic mass is 9.79. The van der Waals surface area contributed by atoms with Crippen LogP contribution in [-0.4, -0.2) is 19.6 Å². The van der Waals surface area contributed by atoms with Gasteiger partial charge in [-0.15, -0.1) is 0 Å². The fourth-order valence-electron chi connectivity index (χ4n) is 3.81. The second-order valence-electron chi connectivity index (χ2n) is 6.26. The summed E-state index contributed by atoms with van der Waals surface area (Å²) in [6.07, 6.45) is 0. The molecule has 2 heteroatoms. The molecule has 3 aromatic rings. The van der Waals surface area contributed by atoms with E-state index in [4.69, 9.17) is 0 Å². The smallest absolute Gasteiger partial charge is 0.103 e. The third-order valence-corrected chi connectivity index (χ3v) is 4.92. The van der Waals surface area contributed by atoms with Gasteiger partial charge >= 0.3 is 0 Å². The van der Waals surface area contributed by atoms with Gasteiger partial charge in [0.15, 0.2) is 0 Å². The van der Waals surface area contributed by atoms with Crippen LogP contribution in [0.1, 0.15) is 11.1 Å². The van der Waals surface area contributed by atoms with Crippen LogP contribution in [0.3, 0.4) is 0 Å². The Kier molecular flexibility index (Phi) is 4.06. The first-order chi connectivity index (χ1) is 11.9. The van der Waals surface area contributed by atoms with E-state index in [-0.39, 0.29) is 5.54 Å². The number of para-hydroxylation sites is 1. The number of rotatable bonds is 3. The van der Waals surface area contributed by atoms with Gasteiger partial charge < -0.3 is 10.2 Å². The van der Waals surface area contributed by atoms with Crippen LogP contribution in [-0.2, 0) is 5.54 Å². The van der Waals surface area contributed by atoms with Crippen molar-refractivity contribution in [2.24, 2.45) is 0 Å². The fourth-order valence-corrected chi connectivity index (χ4v) is 3.81. The predicted molar refractivity (Wildman–Crippen MR) is 100 cm³/mol. The Bertz CT molecular complexity index is 729. The quantitative estimate of drug-likeness (QED) is 0.785. The molecule has 1 saturated heterocycles. The molecule has 0 radical (unpaired) electrons. The highest BCUT2D eigenvalue weighted by Gasteiger charge is 2.42. The monoisotopic (exact) mass is 314 g/mol. The highest BCUT2D eigenvalue weighted by Crippen LogP contribution is 2.39. The normalized spacial score (nSPS) is 16.8. The van der Waals surface area contributed by atoms with Gasteiger partial charge in [0, 0.05) is 25.3 Å². The summed E-state index contributed by atoms with van der Waals surface area (Å²) in [6, 6.07) is 32.5. The maximum Gasteiger partial charge on any atom is 0.103 e. The summed E-state index contributed by atoms with van der Waals surface area (Å²) < 4.78 is 0. The fraction of sp³-hybridized carbons (Fsp3) is 0.182. The molecule has 24 heavy (non-hydrogen) atoms. The second kappa shape index (κ2) is 6.50. The molecule has 120 valence electrons. The SMILES string of the molecule is c1ccc(N2CCNCC2(c2ccccc2)c2ccccc2)cc1. The molecular formula is C22H22N2. The number of nitrogens with one attached hydrogen (secondary N) is 1. The Morgan fingerprint density at radius 2 is 1.17 bits per heavy atom. The molecule has 1 heterocycles. The van der Waals surface area contributed by atoms with Crippen LogP contribution in [0.5, 0.6) is 0 Å². The number of anilines is 1. The van der Waals surface area contributed by atoms with Crippen molar-refractivity contribution >= 4 is 5.69 Å². The van der Waals surface area contributed by atoms with E-state index < -0.39 is 0 Å². The van der Waals surface area contributed by atoms with Crippen LogP contribution in [0.2, 0.25) is 0 Å². The molecule has 3 aromatic carbocycles. The molecule has 0 atom stereocenters. The minimum Gasteiger partial charge on any atom is -0.355 e. The molecule has 0 spiro atoms. The van der Waals surface area contributed by atoms with E-state index in [0.717, 1.165) is 19.6 Å². The molecule has 0 aromatic heterocycles. The summed E-state index contributed by atoms with van der Waals surface area (Å²) in [7, 11) is 0. The molecule has 0 unspecified atom stereocenters. The molecule has 0 bridgehead atoms. The van der Waals surface area contributed by atoms with E-state index in [1.54, 1.807) is 0 Å². The summed E-state index contributed by atoms with van der Waals surface area (Å²) in [5.74, 6) is 0. The number of nitrogens with zero attached hydrogens (tertiary/aromatic N) is 1. The number of hydrogen-bond donors (Lipinski definition) is 1. The van der Waals surface area contributed by atoms with Gasteiger partial charge in [0.05, 0.1) is 0 Å². The largest absolute Gasteiger partial charge is 0.355 e. The molecule has 0 aliphatic carbocycles. The van der Waals surface area contributed by atoms with E-state index in [0.29, 0.717) is 0 Å². The van der Waals surface area contributed by atoms with Crippen LogP contribution in [0.15, 0.2) is 91.0 Å². The highest BCUT2D eigenvalue weighted by molar-refractivity contribution is 5.57. The van der Waals surface area contributed by atoms with E-state index >= 15 is 0 Å². The van der Waals surface area contributed by atoms with Gasteiger partial charge in [0.25, 0.3) is 0 Å². The minimum atomic E-state index is -0.192. The van der Waals surface area contributed by atoms with E-state index in [1.807, 2.05) is 0 Å². The number of hydrogen-bond acceptors (Lipinski definition) is 2. The second-order valence-corrected chi connectivity index (χ2v) is 6.26. The molecule has 0 amide bonds. The first kappa shape index (κ1) is 15.0. The number of benzene rings is 3. The third kappa shape index (κ3) is 2.49. The Morgan fingerprint density at radius 1 is 0.667 bits per heavy atom. The summed E-state index contributed by atoms with van der Waals surface area (Å²) in [4.78, 5) is 2.55. The maximum atomic E-state index is 3.63. The van der Waals surface area contributed by atoms with Crippen LogP contribution in [0.4, 0.5) is 5.69 Å². The summed E-state index contributed by atoms with van der Waals surface area (Å²) in [5.41, 5.74) is 3.73. The van der Waals surface area contributed by atoms with Crippen molar-refractivity contribution < 1.29 is 0 Å². The van der Waals surface area contributed by atoms with Crippen LogP contribution in [0, 0.1) is 0 Å². The zero-order valence-electron chi connectivity index (χ0n) is 13.7. The lowest BCUT2D eigenvalue weighted by Gasteiger charge is -2.49. The molecule has 4 rings (SSSR count). The zero-order valence-corrected chi connectivity index (χ0v) is 13.7. The van der Waals surface area contributed by atoms with Crippen LogP contribution in [0.25, 0.3) is 0 Å². The Morgan fingerprint density at radius 3 is 1.71 bits per heavy atom. The lowest BCUT2D eigenvalue weighted by Crippen LogP contribution is -2.60. The van der Waals surface area contributed by atoms with Gasteiger partial charge in [-0.2, -0.15) is 0 Å². The van der Waals surface area contributed by atoms with Crippen molar-refractivity contribution in [1.29, 1.82) is 0 Å². The summed E-state index contributed by atoms with van der Waals surface area (Å²) >= 11 is 0. The van der Waals surface area contributed by atoms with Crippen molar-refractivity contribution in [2.45, 2.75) is 5.54 Å². The summed E-state index contributed by atoms with van der Waals surface area (Å²) in [5, 5.41) is 3.63. The standard InChI is InChI=1S/C22H22N2/c1-4-10-19(11-5-1)22(20-12-6-2-7-13-20)18-23-16-17-24(22)21-14-8-3-9-15-21/h1-15,23H,16-18H2. The average Bonchev–Trinajstić information content (AvgIpc) is 2.70. The van der Waals surface area contributed by atoms with E-state index in [1.165, 1.54) is 16.8 Å². The lowest BCUT2D eigenvalue weighted by molar-refractivity contribution is 0.389. The first-order valence-corrected chi connectivity index (χ1v) is 8.56. The van der Waals surface area contributed by atoms with Crippen LogP contribution < -0.4 is 10.2 Å². The van der Waals surface area contributed by atoms with Crippen molar-refractivity contribution in [1.82, 2.24) is 5.32 Å². The van der Waals surface area contributed by atoms with Crippen molar-refractivity contribution in [2.75, 3.05) is 24.5 Å². The van der Waals surface area contributed by atoms with Gasteiger partial charge in [-0.3, -0.25) is 0 Å². The molecule has 2 nitrogen and oxygen atoms in total. The molecular weight excluding hydrogens is 292 g/mol. The maximum absolute atomic E-state index is 3.63. The molecule has 1 aliphatic rings. The Labute approximate surface area is 143 Å². The molecule has 1 aliphatic heterocycles. The molecule has 1 fully saturated rings. The van der Waals surface area contributed by atoms with Gasteiger partial charge in [-0.1, -0.05) is 78.9 Å². The minimum absolute atomic E-state index is 0.192. The topological polar surface area (TPSA) is 15.3 Å². The molecule has 0 saturated carbocycles.